The number of hydrogen-bond donors (Lipinski definition) is 0. The van der Waals surface area contributed by atoms with Gasteiger partial charge in [-0.3, -0.25) is 4.79 Å². The van der Waals surface area contributed by atoms with Gasteiger partial charge in [-0.05, 0) is 43.0 Å². The topological polar surface area (TPSA) is 62.5 Å². The number of rotatable bonds is 3. The van der Waals surface area contributed by atoms with Crippen molar-refractivity contribution in [2.75, 3.05) is 31.1 Å². The van der Waals surface area contributed by atoms with E-state index in [0.29, 0.717) is 24.8 Å². The molecule has 0 unspecified atom stereocenters. The molecule has 2 heterocycles. The van der Waals surface area contributed by atoms with E-state index in [4.69, 9.17) is 10.9 Å². The fraction of sp³-hybridized carbons (Fsp3) is 0.421. The second-order valence-corrected chi connectivity index (χ2v) is 6.55. The van der Waals surface area contributed by atoms with Gasteiger partial charge in [-0.2, -0.15) is 4.98 Å². The summed E-state index contributed by atoms with van der Waals surface area (Å²) in [5.74, 6) is 3.81. The van der Waals surface area contributed by atoms with Crippen LogP contribution in [-0.2, 0) is 4.79 Å². The fourth-order valence-corrected chi connectivity index (χ4v) is 3.25. The molecule has 4 rings (SSSR count). The van der Waals surface area contributed by atoms with Gasteiger partial charge in [-0.25, -0.2) is 0 Å². The maximum atomic E-state index is 11.5. The summed E-state index contributed by atoms with van der Waals surface area (Å²) in [7, 11) is 0. The van der Waals surface area contributed by atoms with Gasteiger partial charge in [-0.1, -0.05) is 11.6 Å². The third-order valence-corrected chi connectivity index (χ3v) is 5.08. The van der Waals surface area contributed by atoms with Gasteiger partial charge in [0.2, 0.25) is 11.7 Å². The summed E-state index contributed by atoms with van der Waals surface area (Å²) >= 11 is 0. The van der Waals surface area contributed by atoms with Crippen LogP contribution in [0.5, 0.6) is 0 Å². The number of piperazine rings is 1. The molecule has 1 amide bonds. The molecule has 128 valence electrons. The number of nitrogens with zero attached hydrogens (tertiary/aromatic N) is 4. The Balaban J connectivity index is 1.41. The predicted molar refractivity (Wildman–Crippen MR) is 94.0 cm³/mol. The number of hydrogen-bond acceptors (Lipinski definition) is 5. The van der Waals surface area contributed by atoms with Crippen LogP contribution in [0.15, 0.2) is 28.8 Å². The van der Waals surface area contributed by atoms with E-state index in [-0.39, 0.29) is 5.91 Å². The Hall–Kier alpha value is -2.81. The normalized spacial score (nSPS) is 17.9. The largest absolute Gasteiger partial charge is 0.368 e. The van der Waals surface area contributed by atoms with Crippen LogP contribution in [0.1, 0.15) is 31.1 Å². The summed E-state index contributed by atoms with van der Waals surface area (Å²) in [5.41, 5.74) is 2.08. The number of aromatic nitrogens is 2. The minimum absolute atomic E-state index is 0.227. The van der Waals surface area contributed by atoms with Gasteiger partial charge in [0.15, 0.2) is 0 Å². The van der Waals surface area contributed by atoms with Crippen molar-refractivity contribution in [1.82, 2.24) is 15.0 Å². The SMILES string of the molecule is C#CC(=O)N1CCN(c2ccc(-c3noc(C4CCC4)n3)cc2)CC1. The van der Waals surface area contributed by atoms with E-state index in [1.807, 2.05) is 12.1 Å². The van der Waals surface area contributed by atoms with Gasteiger partial charge in [0.05, 0.1) is 0 Å². The van der Waals surface area contributed by atoms with Gasteiger partial charge in [-0.15, -0.1) is 6.42 Å². The highest BCUT2D eigenvalue weighted by molar-refractivity contribution is 5.93. The average Bonchev–Trinajstić information content (AvgIpc) is 3.09. The highest BCUT2D eigenvalue weighted by Crippen LogP contribution is 2.36. The van der Waals surface area contributed by atoms with Gasteiger partial charge in [0.1, 0.15) is 0 Å². The molecular weight excluding hydrogens is 316 g/mol. The number of amides is 1. The Morgan fingerprint density at radius 1 is 1.16 bits per heavy atom. The van der Waals surface area contributed by atoms with E-state index in [2.05, 4.69) is 33.1 Å². The van der Waals surface area contributed by atoms with Crippen molar-refractivity contribution in [3.63, 3.8) is 0 Å². The molecule has 1 aliphatic carbocycles. The molecule has 2 aliphatic rings. The molecule has 0 bridgehead atoms. The Kier molecular flexibility index (Phi) is 4.14. The molecule has 1 saturated carbocycles. The first-order chi connectivity index (χ1) is 12.2. The van der Waals surface area contributed by atoms with Gasteiger partial charge >= 0.3 is 0 Å². The molecule has 1 saturated heterocycles. The van der Waals surface area contributed by atoms with Crippen LogP contribution in [0.25, 0.3) is 11.4 Å². The third kappa shape index (κ3) is 3.10. The number of terminal acetylenes is 1. The van der Waals surface area contributed by atoms with Crippen molar-refractivity contribution in [3.05, 3.63) is 30.2 Å². The highest BCUT2D eigenvalue weighted by atomic mass is 16.5. The lowest BCUT2D eigenvalue weighted by Crippen LogP contribution is -2.48. The zero-order valence-corrected chi connectivity index (χ0v) is 14.0. The minimum Gasteiger partial charge on any atom is -0.368 e. The molecular formula is C19H20N4O2. The minimum atomic E-state index is -0.227. The van der Waals surface area contributed by atoms with Crippen LogP contribution >= 0.6 is 0 Å². The van der Waals surface area contributed by atoms with E-state index in [9.17, 15) is 4.79 Å². The first kappa shape index (κ1) is 15.7. The second-order valence-electron chi connectivity index (χ2n) is 6.55. The van der Waals surface area contributed by atoms with Crippen molar-refractivity contribution in [2.24, 2.45) is 0 Å². The van der Waals surface area contributed by atoms with E-state index in [1.165, 1.54) is 6.42 Å². The standard InChI is InChI=1S/C19H20N4O2/c1-2-17(24)23-12-10-22(11-13-23)16-8-6-14(7-9-16)18-20-19(25-21-18)15-4-3-5-15/h1,6-9,15H,3-5,10-13H2. The van der Waals surface area contributed by atoms with E-state index < -0.39 is 0 Å². The fourth-order valence-electron chi connectivity index (χ4n) is 3.25. The molecule has 1 aromatic heterocycles. The molecule has 2 aromatic rings. The predicted octanol–water partition coefficient (Wildman–Crippen LogP) is 2.29. The lowest BCUT2D eigenvalue weighted by Gasteiger charge is -2.35. The summed E-state index contributed by atoms with van der Waals surface area (Å²) in [4.78, 5) is 20.0. The number of benzene rings is 1. The maximum absolute atomic E-state index is 11.5. The van der Waals surface area contributed by atoms with Crippen LogP contribution < -0.4 is 4.90 Å². The molecule has 0 spiro atoms. The number of carbonyl (C=O) groups is 1. The van der Waals surface area contributed by atoms with Crippen LogP contribution in [0.2, 0.25) is 0 Å². The van der Waals surface area contributed by atoms with Crippen LogP contribution in [0.3, 0.4) is 0 Å². The molecule has 2 fully saturated rings. The first-order valence-corrected chi connectivity index (χ1v) is 8.69. The monoisotopic (exact) mass is 336 g/mol. The molecule has 1 aliphatic heterocycles. The molecule has 6 nitrogen and oxygen atoms in total. The second kappa shape index (κ2) is 6.60. The van der Waals surface area contributed by atoms with Gasteiger partial charge < -0.3 is 14.3 Å². The molecule has 25 heavy (non-hydrogen) atoms. The van der Waals surface area contributed by atoms with Crippen LogP contribution in [0.4, 0.5) is 5.69 Å². The summed E-state index contributed by atoms with van der Waals surface area (Å²) in [5, 5.41) is 4.11. The lowest BCUT2D eigenvalue weighted by atomic mass is 9.85. The van der Waals surface area contributed by atoms with E-state index in [0.717, 1.165) is 43.1 Å². The molecule has 0 radical (unpaired) electrons. The molecule has 1 aromatic carbocycles. The lowest BCUT2D eigenvalue weighted by molar-refractivity contribution is -0.125. The van der Waals surface area contributed by atoms with Crippen molar-refractivity contribution in [3.8, 4) is 23.7 Å². The van der Waals surface area contributed by atoms with Crippen LogP contribution in [-0.4, -0.2) is 47.1 Å². The first-order valence-electron chi connectivity index (χ1n) is 8.69. The highest BCUT2D eigenvalue weighted by Gasteiger charge is 2.25. The van der Waals surface area contributed by atoms with Gasteiger partial charge in [0.25, 0.3) is 5.91 Å². The number of anilines is 1. The van der Waals surface area contributed by atoms with Crippen molar-refractivity contribution in [1.29, 1.82) is 0 Å². The number of carbonyl (C=O) groups excluding carboxylic acids is 1. The zero-order chi connectivity index (χ0) is 17.2. The molecule has 0 atom stereocenters. The van der Waals surface area contributed by atoms with E-state index >= 15 is 0 Å². The maximum Gasteiger partial charge on any atom is 0.298 e. The Morgan fingerprint density at radius 2 is 1.88 bits per heavy atom. The summed E-state index contributed by atoms with van der Waals surface area (Å²) < 4.78 is 5.39. The van der Waals surface area contributed by atoms with E-state index in [1.54, 1.807) is 4.90 Å². The summed E-state index contributed by atoms with van der Waals surface area (Å²) in [6.45, 7) is 2.86. The zero-order valence-electron chi connectivity index (χ0n) is 14.0. The van der Waals surface area contributed by atoms with Crippen LogP contribution in [0, 0.1) is 12.3 Å². The average molecular weight is 336 g/mol. The van der Waals surface area contributed by atoms with Gasteiger partial charge in [0, 0.05) is 43.3 Å². The Morgan fingerprint density at radius 3 is 2.48 bits per heavy atom. The van der Waals surface area contributed by atoms with Crippen molar-refractivity contribution < 1.29 is 9.32 Å². The summed E-state index contributed by atoms with van der Waals surface area (Å²) in [6, 6.07) is 8.16. The molecule has 6 heteroatoms. The van der Waals surface area contributed by atoms with Crippen molar-refractivity contribution >= 4 is 11.6 Å². The Bertz CT molecular complexity index is 794. The smallest absolute Gasteiger partial charge is 0.298 e. The third-order valence-electron chi connectivity index (χ3n) is 5.08. The summed E-state index contributed by atoms with van der Waals surface area (Å²) in [6.07, 6.45) is 8.72. The quantitative estimate of drug-likeness (QED) is 0.805. The molecule has 0 N–H and O–H groups in total. The van der Waals surface area contributed by atoms with Crippen molar-refractivity contribution in [2.45, 2.75) is 25.2 Å². The Labute approximate surface area is 146 Å².